The summed E-state index contributed by atoms with van der Waals surface area (Å²) in [5, 5.41) is -0.882. The third kappa shape index (κ3) is 2.09. The molecule has 0 aromatic heterocycles. The highest BCUT2D eigenvalue weighted by Gasteiger charge is 2.35. The van der Waals surface area contributed by atoms with E-state index in [4.69, 9.17) is 11.6 Å². The van der Waals surface area contributed by atoms with E-state index in [9.17, 15) is 22.0 Å². The third-order valence-electron chi connectivity index (χ3n) is 1.30. The summed E-state index contributed by atoms with van der Waals surface area (Å²) in [7, 11) is 0. The minimum atomic E-state index is -4.93. The van der Waals surface area contributed by atoms with E-state index in [2.05, 4.69) is 0 Å². The maximum atomic E-state index is 12.7. The lowest BCUT2D eigenvalue weighted by Crippen LogP contribution is -2.09. The van der Waals surface area contributed by atoms with Crippen LogP contribution in [0.2, 0.25) is 5.02 Å². The molecule has 13 heavy (non-hydrogen) atoms. The largest absolute Gasteiger partial charge is 0.419 e. The highest BCUT2D eigenvalue weighted by atomic mass is 35.5. The molecule has 0 heterocycles. The standard InChI is InChI=1S/C7H2ClF5/c8-5-2-3(9)1-4(6(5)10)7(11,12)13/h1-2H. The average Bonchev–Trinajstić information content (AvgIpc) is 1.94. The van der Waals surface area contributed by atoms with Crippen molar-refractivity contribution in [2.75, 3.05) is 0 Å². The summed E-state index contributed by atoms with van der Waals surface area (Å²) in [6.07, 6.45) is -4.93. The van der Waals surface area contributed by atoms with Crippen LogP contribution in [0.3, 0.4) is 0 Å². The SMILES string of the molecule is Fc1cc(Cl)c(F)c(C(F)(F)F)c1. The van der Waals surface area contributed by atoms with Gasteiger partial charge < -0.3 is 0 Å². The fraction of sp³-hybridized carbons (Fsp3) is 0.143. The Morgan fingerprint density at radius 1 is 1.08 bits per heavy atom. The Morgan fingerprint density at radius 3 is 2.08 bits per heavy atom. The van der Waals surface area contributed by atoms with Crippen molar-refractivity contribution in [3.05, 3.63) is 34.4 Å². The Labute approximate surface area is 74.9 Å². The summed E-state index contributed by atoms with van der Waals surface area (Å²) in [5.74, 6) is -2.88. The van der Waals surface area contributed by atoms with Crippen LogP contribution in [0.15, 0.2) is 12.1 Å². The van der Waals surface area contributed by atoms with Gasteiger partial charge in [0.25, 0.3) is 0 Å². The molecule has 0 aliphatic rings. The molecule has 1 aromatic rings. The molecule has 0 unspecified atom stereocenters. The molecule has 72 valence electrons. The van der Waals surface area contributed by atoms with E-state index in [0.29, 0.717) is 6.07 Å². The highest BCUT2D eigenvalue weighted by Crippen LogP contribution is 2.34. The van der Waals surface area contributed by atoms with E-state index in [1.807, 2.05) is 0 Å². The minimum Gasteiger partial charge on any atom is -0.207 e. The van der Waals surface area contributed by atoms with Gasteiger partial charge in [-0.1, -0.05) is 11.6 Å². The van der Waals surface area contributed by atoms with Gasteiger partial charge in [0.05, 0.1) is 10.6 Å². The molecule has 0 atom stereocenters. The lowest BCUT2D eigenvalue weighted by molar-refractivity contribution is -0.140. The van der Waals surface area contributed by atoms with Gasteiger partial charge in [-0.25, -0.2) is 8.78 Å². The van der Waals surface area contributed by atoms with E-state index in [-0.39, 0.29) is 6.07 Å². The fourth-order valence-electron chi connectivity index (χ4n) is 0.762. The second-order valence-corrected chi connectivity index (χ2v) is 2.65. The summed E-state index contributed by atoms with van der Waals surface area (Å²) in [6, 6.07) is 0.535. The zero-order valence-corrected chi connectivity index (χ0v) is 6.68. The van der Waals surface area contributed by atoms with Gasteiger partial charge in [0.1, 0.15) is 5.82 Å². The summed E-state index contributed by atoms with van der Waals surface area (Å²) >= 11 is 5.01. The van der Waals surface area contributed by atoms with Crippen LogP contribution in [0, 0.1) is 11.6 Å². The first-order chi connectivity index (χ1) is 5.82. The van der Waals surface area contributed by atoms with Crippen molar-refractivity contribution in [3.8, 4) is 0 Å². The van der Waals surface area contributed by atoms with Crippen molar-refractivity contribution in [2.24, 2.45) is 0 Å². The molecule has 0 saturated heterocycles. The van der Waals surface area contributed by atoms with E-state index in [0.717, 1.165) is 0 Å². The molecule has 0 N–H and O–H groups in total. The first-order valence-corrected chi connectivity index (χ1v) is 3.42. The van der Waals surface area contributed by atoms with Gasteiger partial charge in [0.15, 0.2) is 5.82 Å². The van der Waals surface area contributed by atoms with Crippen molar-refractivity contribution in [1.29, 1.82) is 0 Å². The predicted molar refractivity (Wildman–Crippen MR) is 36.4 cm³/mol. The number of rotatable bonds is 0. The van der Waals surface area contributed by atoms with Crippen molar-refractivity contribution in [2.45, 2.75) is 6.18 Å². The maximum absolute atomic E-state index is 12.7. The lowest BCUT2D eigenvalue weighted by atomic mass is 10.2. The molecule has 0 fully saturated rings. The van der Waals surface area contributed by atoms with Crippen LogP contribution in [0.5, 0.6) is 0 Å². The first kappa shape index (κ1) is 10.2. The summed E-state index contributed by atoms with van der Waals surface area (Å²) in [5.41, 5.74) is -1.70. The monoisotopic (exact) mass is 216 g/mol. The highest BCUT2D eigenvalue weighted by molar-refractivity contribution is 6.30. The average molecular weight is 217 g/mol. The van der Waals surface area contributed by atoms with Gasteiger partial charge in [0, 0.05) is 0 Å². The maximum Gasteiger partial charge on any atom is 0.419 e. The van der Waals surface area contributed by atoms with Crippen molar-refractivity contribution in [1.82, 2.24) is 0 Å². The molecule has 0 spiro atoms. The molecule has 0 bridgehead atoms. The number of alkyl halides is 3. The van der Waals surface area contributed by atoms with Crippen LogP contribution < -0.4 is 0 Å². The lowest BCUT2D eigenvalue weighted by Gasteiger charge is -2.08. The van der Waals surface area contributed by atoms with Crippen molar-refractivity contribution < 1.29 is 22.0 Å². The zero-order valence-electron chi connectivity index (χ0n) is 5.92. The van der Waals surface area contributed by atoms with Crippen LogP contribution in [-0.2, 0) is 6.18 Å². The van der Waals surface area contributed by atoms with E-state index < -0.39 is 28.4 Å². The van der Waals surface area contributed by atoms with Crippen LogP contribution in [0.1, 0.15) is 5.56 Å². The second-order valence-electron chi connectivity index (χ2n) is 2.25. The quantitative estimate of drug-likeness (QED) is 0.459. The van der Waals surface area contributed by atoms with Crippen LogP contribution in [-0.4, -0.2) is 0 Å². The number of halogens is 6. The second kappa shape index (κ2) is 3.14. The van der Waals surface area contributed by atoms with E-state index in [1.54, 1.807) is 0 Å². The third-order valence-corrected chi connectivity index (χ3v) is 1.57. The van der Waals surface area contributed by atoms with Gasteiger partial charge in [-0.2, -0.15) is 13.2 Å². The van der Waals surface area contributed by atoms with Crippen LogP contribution >= 0.6 is 11.6 Å². The Hall–Kier alpha value is -0.840. The van der Waals surface area contributed by atoms with Gasteiger partial charge in [-0.15, -0.1) is 0 Å². The molecule has 0 aliphatic heterocycles. The molecular weight excluding hydrogens is 215 g/mol. The molecule has 0 aliphatic carbocycles. The summed E-state index contributed by atoms with van der Waals surface area (Å²) in [6.45, 7) is 0. The zero-order chi connectivity index (χ0) is 10.2. The number of benzene rings is 1. The van der Waals surface area contributed by atoms with Crippen LogP contribution in [0.4, 0.5) is 22.0 Å². The fourth-order valence-corrected chi connectivity index (χ4v) is 0.968. The Morgan fingerprint density at radius 2 is 1.62 bits per heavy atom. The predicted octanol–water partition coefficient (Wildman–Crippen LogP) is 3.64. The van der Waals surface area contributed by atoms with Gasteiger partial charge in [0.2, 0.25) is 0 Å². The molecule has 0 amide bonds. The Balaban J connectivity index is 3.37. The molecule has 0 nitrogen and oxygen atoms in total. The topological polar surface area (TPSA) is 0 Å². The van der Waals surface area contributed by atoms with Gasteiger partial charge in [-0.05, 0) is 12.1 Å². The summed E-state index contributed by atoms with van der Waals surface area (Å²) in [4.78, 5) is 0. The van der Waals surface area contributed by atoms with Gasteiger partial charge in [-0.3, -0.25) is 0 Å². The van der Waals surface area contributed by atoms with E-state index >= 15 is 0 Å². The number of hydrogen-bond acceptors (Lipinski definition) is 0. The smallest absolute Gasteiger partial charge is 0.207 e. The molecule has 0 radical (unpaired) electrons. The molecule has 0 saturated carbocycles. The molecular formula is C7H2ClF5. The van der Waals surface area contributed by atoms with Gasteiger partial charge >= 0.3 is 6.18 Å². The van der Waals surface area contributed by atoms with Crippen molar-refractivity contribution in [3.63, 3.8) is 0 Å². The van der Waals surface area contributed by atoms with Crippen LogP contribution in [0.25, 0.3) is 0 Å². The Kier molecular flexibility index (Phi) is 2.47. The molecule has 1 rings (SSSR count). The Bertz CT molecular complexity index is 330. The molecule has 1 aromatic carbocycles. The van der Waals surface area contributed by atoms with Crippen molar-refractivity contribution >= 4 is 11.6 Å². The normalized spacial score (nSPS) is 11.8. The van der Waals surface area contributed by atoms with E-state index in [1.165, 1.54) is 0 Å². The first-order valence-electron chi connectivity index (χ1n) is 3.04. The summed E-state index contributed by atoms with van der Waals surface area (Å²) < 4.78 is 60.9. The minimum absolute atomic E-state index is 0.0568. The molecule has 6 heteroatoms. The number of hydrogen-bond donors (Lipinski definition) is 0.